The molecule has 0 unspecified atom stereocenters. The first-order valence-electron chi connectivity index (χ1n) is 6.27. The number of aromatic nitrogens is 4. The molecule has 0 aliphatic heterocycles. The molecule has 3 aromatic heterocycles. The number of nitrogens with zero attached hydrogens (tertiary/aromatic N) is 3. The Morgan fingerprint density at radius 1 is 1.39 bits per heavy atom. The molecule has 0 bridgehead atoms. The summed E-state index contributed by atoms with van der Waals surface area (Å²) in [6, 6.07) is 4.09. The predicted molar refractivity (Wildman–Crippen MR) is 78.8 cm³/mol. The van der Waals surface area contributed by atoms with E-state index in [4.69, 9.17) is 11.6 Å². The first-order valence-corrected chi connectivity index (χ1v) is 7.63. The molecule has 0 saturated carbocycles. The third kappa shape index (κ3) is 3.20. The lowest BCUT2D eigenvalue weighted by Gasteiger charge is -2.08. The number of nitrogens with one attached hydrogen (secondary N) is 1. The van der Waals surface area contributed by atoms with E-state index in [1.807, 2.05) is 0 Å². The number of carbonyl (C=O) groups excluding carboxylic acids is 1. The van der Waals surface area contributed by atoms with Crippen molar-refractivity contribution in [1.29, 1.82) is 0 Å². The fraction of sp³-hybridized carbons (Fsp3) is 0.154. The molecule has 120 valence electrons. The fourth-order valence-electron chi connectivity index (χ4n) is 1.90. The van der Waals surface area contributed by atoms with Crippen LogP contribution in [0.5, 0.6) is 0 Å². The van der Waals surface area contributed by atoms with Gasteiger partial charge in [-0.2, -0.15) is 13.2 Å². The summed E-state index contributed by atoms with van der Waals surface area (Å²) in [4.78, 5) is 14.7. The Balaban J connectivity index is 1.89. The topological polar surface area (TPSA) is 63.1 Å². The van der Waals surface area contributed by atoms with Gasteiger partial charge < -0.3 is 4.98 Å². The summed E-state index contributed by atoms with van der Waals surface area (Å²) >= 11 is 6.81. The first kappa shape index (κ1) is 15.9. The van der Waals surface area contributed by atoms with Crippen molar-refractivity contribution in [1.82, 2.24) is 19.6 Å². The summed E-state index contributed by atoms with van der Waals surface area (Å²) in [7, 11) is 0. The number of halogens is 4. The van der Waals surface area contributed by atoms with Gasteiger partial charge >= 0.3 is 6.18 Å². The molecule has 10 heteroatoms. The molecule has 0 aliphatic rings. The highest BCUT2D eigenvalue weighted by Gasteiger charge is 2.32. The van der Waals surface area contributed by atoms with Gasteiger partial charge in [-0.25, -0.2) is 0 Å². The summed E-state index contributed by atoms with van der Waals surface area (Å²) in [6.07, 6.45) is -2.06. The van der Waals surface area contributed by atoms with Crippen molar-refractivity contribution in [2.24, 2.45) is 0 Å². The number of fused-ring (bicyclic) bond motifs is 1. The second-order valence-corrected chi connectivity index (χ2v) is 5.90. The van der Waals surface area contributed by atoms with Crippen molar-refractivity contribution in [2.75, 3.05) is 5.75 Å². The molecule has 0 atom stereocenters. The molecular weight excluding hydrogens is 353 g/mol. The number of H-pyrrole nitrogens is 1. The van der Waals surface area contributed by atoms with E-state index < -0.39 is 11.7 Å². The van der Waals surface area contributed by atoms with Gasteiger partial charge in [0.15, 0.2) is 16.6 Å². The van der Waals surface area contributed by atoms with Crippen LogP contribution >= 0.6 is 23.4 Å². The zero-order valence-electron chi connectivity index (χ0n) is 11.3. The lowest BCUT2D eigenvalue weighted by atomic mass is 10.3. The van der Waals surface area contributed by atoms with E-state index in [9.17, 15) is 18.0 Å². The van der Waals surface area contributed by atoms with Gasteiger partial charge in [0.05, 0.1) is 22.0 Å². The molecule has 0 aromatic carbocycles. The number of rotatable bonds is 4. The molecule has 5 nitrogen and oxygen atoms in total. The van der Waals surface area contributed by atoms with Gasteiger partial charge in [0.25, 0.3) is 0 Å². The maximum Gasteiger partial charge on any atom is 0.417 e. The normalized spacial score (nSPS) is 12.0. The Bertz CT molecular complexity index is 860. The van der Waals surface area contributed by atoms with Crippen molar-refractivity contribution in [3.63, 3.8) is 0 Å². The predicted octanol–water partition coefficient (Wildman–Crippen LogP) is 3.70. The average molecular weight is 361 g/mol. The minimum Gasteiger partial charge on any atom is -0.359 e. The molecular formula is C13H8ClF3N4OS. The molecule has 1 N–H and O–H groups in total. The molecule has 0 spiro atoms. The van der Waals surface area contributed by atoms with Crippen LogP contribution in [0.3, 0.4) is 0 Å². The second kappa shape index (κ2) is 5.89. The third-order valence-electron chi connectivity index (χ3n) is 2.99. The zero-order valence-corrected chi connectivity index (χ0v) is 12.8. The van der Waals surface area contributed by atoms with Crippen LogP contribution in [0.25, 0.3) is 5.65 Å². The van der Waals surface area contributed by atoms with Gasteiger partial charge in [-0.3, -0.25) is 9.20 Å². The van der Waals surface area contributed by atoms with E-state index in [2.05, 4.69) is 15.2 Å². The highest BCUT2D eigenvalue weighted by molar-refractivity contribution is 7.99. The highest BCUT2D eigenvalue weighted by Crippen LogP contribution is 2.33. The number of alkyl halides is 3. The number of Topliss-reactive ketones (excluding diaryl/α,β-unsaturated/α-hetero) is 1. The average Bonchev–Trinajstić information content (AvgIpc) is 3.13. The smallest absolute Gasteiger partial charge is 0.359 e. The number of hydrogen-bond acceptors (Lipinski definition) is 4. The lowest BCUT2D eigenvalue weighted by Crippen LogP contribution is -2.07. The summed E-state index contributed by atoms with van der Waals surface area (Å²) in [5, 5.41) is 7.55. The first-order chi connectivity index (χ1) is 10.9. The van der Waals surface area contributed by atoms with Gasteiger partial charge in [-0.05, 0) is 18.2 Å². The summed E-state index contributed by atoms with van der Waals surface area (Å²) in [6.45, 7) is 0. The largest absolute Gasteiger partial charge is 0.417 e. The Morgan fingerprint density at radius 2 is 2.17 bits per heavy atom. The maximum absolute atomic E-state index is 12.9. The van der Waals surface area contributed by atoms with Gasteiger partial charge in [0, 0.05) is 12.4 Å². The van der Waals surface area contributed by atoms with Crippen LogP contribution < -0.4 is 0 Å². The molecule has 3 aromatic rings. The number of thioether (sulfide) groups is 1. The zero-order chi connectivity index (χ0) is 16.6. The molecule has 0 fully saturated rings. The number of ketones is 1. The van der Waals surface area contributed by atoms with Crippen LogP contribution in [-0.4, -0.2) is 31.1 Å². The molecule has 3 rings (SSSR count). The standard InChI is InChI=1S/C13H8ClF3N4OS/c14-8-4-7(13(15,16)17)5-21-11(8)19-20-12(21)23-6-10(22)9-2-1-3-18-9/h1-5,18H,6H2. The maximum atomic E-state index is 12.9. The molecule has 3 heterocycles. The van der Waals surface area contributed by atoms with Crippen LogP contribution in [0.4, 0.5) is 13.2 Å². The fourth-order valence-corrected chi connectivity index (χ4v) is 2.94. The van der Waals surface area contributed by atoms with E-state index >= 15 is 0 Å². The SMILES string of the molecule is O=C(CSc1nnc2c(Cl)cc(C(F)(F)F)cn12)c1ccc[nH]1. The molecule has 23 heavy (non-hydrogen) atoms. The number of aromatic amines is 1. The molecule has 0 amide bonds. The molecule has 0 saturated heterocycles. The minimum absolute atomic E-state index is 0.00910. The van der Waals surface area contributed by atoms with Crippen LogP contribution in [0.1, 0.15) is 16.1 Å². The van der Waals surface area contributed by atoms with Crippen LogP contribution in [0.2, 0.25) is 5.02 Å². The van der Waals surface area contributed by atoms with Gasteiger partial charge in [0.2, 0.25) is 0 Å². The van der Waals surface area contributed by atoms with Crippen molar-refractivity contribution in [3.8, 4) is 0 Å². The number of hydrogen-bond donors (Lipinski definition) is 1. The van der Waals surface area contributed by atoms with E-state index in [1.165, 1.54) is 0 Å². The lowest BCUT2D eigenvalue weighted by molar-refractivity contribution is -0.137. The number of pyridine rings is 1. The van der Waals surface area contributed by atoms with Crippen molar-refractivity contribution in [3.05, 3.63) is 46.9 Å². The van der Waals surface area contributed by atoms with Crippen LogP contribution in [0, 0.1) is 0 Å². The van der Waals surface area contributed by atoms with Gasteiger partial charge in [-0.1, -0.05) is 23.4 Å². The van der Waals surface area contributed by atoms with E-state index in [0.29, 0.717) is 5.69 Å². The van der Waals surface area contributed by atoms with Gasteiger partial charge in [-0.15, -0.1) is 10.2 Å². The Labute approximate surface area is 136 Å². The Hall–Kier alpha value is -2.00. The summed E-state index contributed by atoms with van der Waals surface area (Å²) in [5.41, 5.74) is -0.387. The quantitative estimate of drug-likeness (QED) is 0.569. The summed E-state index contributed by atoms with van der Waals surface area (Å²) < 4.78 is 39.7. The Kier molecular flexibility index (Phi) is 4.07. The Morgan fingerprint density at radius 3 is 2.83 bits per heavy atom. The summed E-state index contributed by atoms with van der Waals surface area (Å²) in [5.74, 6) is -0.190. The van der Waals surface area contributed by atoms with Crippen LogP contribution in [-0.2, 0) is 6.18 Å². The monoisotopic (exact) mass is 360 g/mol. The van der Waals surface area contributed by atoms with E-state index in [-0.39, 0.29) is 27.4 Å². The molecule has 0 aliphatic carbocycles. The van der Waals surface area contributed by atoms with Crippen molar-refractivity contribution >= 4 is 34.8 Å². The molecule has 0 radical (unpaired) electrons. The van der Waals surface area contributed by atoms with Gasteiger partial charge in [0.1, 0.15) is 0 Å². The second-order valence-electron chi connectivity index (χ2n) is 4.55. The third-order valence-corrected chi connectivity index (χ3v) is 4.21. The van der Waals surface area contributed by atoms with Crippen molar-refractivity contribution < 1.29 is 18.0 Å². The van der Waals surface area contributed by atoms with Crippen molar-refractivity contribution in [2.45, 2.75) is 11.3 Å². The minimum atomic E-state index is -4.54. The highest BCUT2D eigenvalue weighted by atomic mass is 35.5. The van der Waals surface area contributed by atoms with Crippen LogP contribution in [0.15, 0.2) is 35.7 Å². The van der Waals surface area contributed by atoms with E-state index in [1.54, 1.807) is 18.3 Å². The number of carbonyl (C=O) groups is 1. The van der Waals surface area contributed by atoms with E-state index in [0.717, 1.165) is 28.4 Å².